The third kappa shape index (κ3) is 4.24. The number of rotatable bonds is 6. The quantitative estimate of drug-likeness (QED) is 0.606. The summed E-state index contributed by atoms with van der Waals surface area (Å²) in [6.45, 7) is 8.44. The molecule has 0 fully saturated rings. The number of hydrogen-bond acceptors (Lipinski definition) is 4. The maximum atomic E-state index is 13.2. The van der Waals surface area contributed by atoms with Gasteiger partial charge in [-0.1, -0.05) is 24.3 Å². The number of nitrogens with zero attached hydrogens (tertiary/aromatic N) is 3. The molecule has 3 aromatic rings. The number of carbonyl (C=O) groups excluding carboxylic acids is 1. The first-order chi connectivity index (χ1) is 14.4. The molecule has 4 rings (SSSR count). The van der Waals surface area contributed by atoms with Crippen LogP contribution in [0.25, 0.3) is 5.69 Å². The van der Waals surface area contributed by atoms with Gasteiger partial charge in [0.05, 0.1) is 30.1 Å². The van der Waals surface area contributed by atoms with Crippen LogP contribution in [0, 0.1) is 6.92 Å². The summed E-state index contributed by atoms with van der Waals surface area (Å²) < 4.78 is 7.51. The lowest BCUT2D eigenvalue weighted by Gasteiger charge is -2.16. The molecule has 0 spiro atoms. The van der Waals surface area contributed by atoms with Gasteiger partial charge in [-0.2, -0.15) is 10.2 Å². The molecule has 6 nitrogen and oxygen atoms in total. The van der Waals surface area contributed by atoms with Crippen molar-refractivity contribution in [3.8, 4) is 11.4 Å². The van der Waals surface area contributed by atoms with Gasteiger partial charge in [0.15, 0.2) is 5.75 Å². The highest BCUT2D eigenvalue weighted by Crippen LogP contribution is 2.31. The zero-order valence-corrected chi connectivity index (χ0v) is 17.8. The van der Waals surface area contributed by atoms with Crippen LogP contribution in [0.2, 0.25) is 0 Å². The second kappa shape index (κ2) is 8.32. The normalized spacial score (nSPS) is 14.0. The Morgan fingerprint density at radius 1 is 1.13 bits per heavy atom. The lowest BCUT2D eigenvalue weighted by Crippen LogP contribution is -2.31. The maximum Gasteiger partial charge on any atom is 0.305 e. The van der Waals surface area contributed by atoms with E-state index in [1.54, 1.807) is 10.7 Å². The summed E-state index contributed by atoms with van der Waals surface area (Å²) >= 11 is 0. The molecule has 0 radical (unpaired) electrons. The second-order valence-electron chi connectivity index (χ2n) is 7.99. The van der Waals surface area contributed by atoms with E-state index in [2.05, 4.69) is 18.1 Å². The molecule has 0 bridgehead atoms. The number of amides is 1. The Labute approximate surface area is 177 Å². The van der Waals surface area contributed by atoms with Crippen molar-refractivity contribution in [2.45, 2.75) is 52.9 Å². The number of carbonyl (C=O) groups is 1. The van der Waals surface area contributed by atoms with Crippen molar-refractivity contribution in [3.63, 3.8) is 0 Å². The van der Waals surface area contributed by atoms with Crippen LogP contribution < -0.4 is 4.84 Å². The zero-order chi connectivity index (χ0) is 21.3. The van der Waals surface area contributed by atoms with Crippen LogP contribution in [-0.4, -0.2) is 33.0 Å². The average molecular weight is 405 g/mol. The van der Waals surface area contributed by atoms with E-state index >= 15 is 0 Å². The number of fused-ring (bicyclic) bond motifs is 1. The first-order valence-corrected chi connectivity index (χ1v) is 10.3. The highest BCUT2D eigenvalue weighted by atomic mass is 16.7. The van der Waals surface area contributed by atoms with E-state index in [0.29, 0.717) is 18.0 Å². The Balaban J connectivity index is 1.52. The van der Waals surface area contributed by atoms with E-state index in [9.17, 15) is 4.79 Å². The van der Waals surface area contributed by atoms with Crippen molar-refractivity contribution in [3.05, 3.63) is 77.1 Å². The van der Waals surface area contributed by atoms with E-state index in [1.807, 2.05) is 63.2 Å². The van der Waals surface area contributed by atoms with E-state index in [4.69, 9.17) is 9.57 Å². The molecule has 0 saturated heterocycles. The number of aromatic nitrogens is 2. The topological polar surface area (TPSA) is 56.6 Å². The Morgan fingerprint density at radius 3 is 2.63 bits per heavy atom. The molecule has 1 aliphatic rings. The van der Waals surface area contributed by atoms with Gasteiger partial charge in [-0.05, 0) is 70.0 Å². The Bertz CT molecular complexity index is 1040. The lowest BCUT2D eigenvalue weighted by atomic mass is 10.0. The number of benzene rings is 2. The highest BCUT2D eigenvalue weighted by molar-refractivity contribution is 5.93. The predicted octanol–water partition coefficient (Wildman–Crippen LogP) is 4.49. The van der Waals surface area contributed by atoms with Gasteiger partial charge < -0.3 is 9.57 Å². The SMILES string of the molecule is Cc1cc(C(=O)N2Cc3cc(CC(C)OC(C)C)ccc3O2)n(-c2ccccc2)n1. The molecule has 1 aromatic heterocycles. The van der Waals surface area contributed by atoms with Crippen LogP contribution in [0.5, 0.6) is 5.75 Å². The minimum Gasteiger partial charge on any atom is -0.376 e. The standard InChI is InChI=1S/C24H27N3O3/c1-16(2)29-18(4)13-19-10-11-23-20(14-19)15-26(30-23)24(28)22-12-17(3)25-27(22)21-8-6-5-7-9-21/h5-12,14,16,18H,13,15H2,1-4H3. The van der Waals surface area contributed by atoms with Crippen molar-refractivity contribution in [1.29, 1.82) is 0 Å². The predicted molar refractivity (Wildman–Crippen MR) is 115 cm³/mol. The molecule has 0 aliphatic carbocycles. The molecule has 2 aromatic carbocycles. The van der Waals surface area contributed by atoms with Crippen LogP contribution in [0.1, 0.15) is 48.1 Å². The second-order valence-corrected chi connectivity index (χ2v) is 7.99. The van der Waals surface area contributed by atoms with Gasteiger partial charge in [-0.15, -0.1) is 0 Å². The molecule has 6 heteroatoms. The summed E-state index contributed by atoms with van der Waals surface area (Å²) in [7, 11) is 0. The van der Waals surface area contributed by atoms with Crippen molar-refractivity contribution in [2.75, 3.05) is 0 Å². The van der Waals surface area contributed by atoms with Gasteiger partial charge in [-0.3, -0.25) is 4.79 Å². The van der Waals surface area contributed by atoms with Crippen LogP contribution in [0.15, 0.2) is 54.6 Å². The third-order valence-corrected chi connectivity index (χ3v) is 4.95. The number of aryl methyl sites for hydroxylation is 1. The smallest absolute Gasteiger partial charge is 0.305 e. The molecule has 1 atom stereocenters. The van der Waals surface area contributed by atoms with Crippen molar-refractivity contribution in [2.24, 2.45) is 0 Å². The van der Waals surface area contributed by atoms with Gasteiger partial charge in [0, 0.05) is 5.56 Å². The Morgan fingerprint density at radius 2 is 1.90 bits per heavy atom. The average Bonchev–Trinajstić information content (AvgIpc) is 3.30. The molecule has 1 aliphatic heterocycles. The first-order valence-electron chi connectivity index (χ1n) is 10.3. The zero-order valence-electron chi connectivity index (χ0n) is 17.8. The molecule has 1 unspecified atom stereocenters. The molecular formula is C24H27N3O3. The van der Waals surface area contributed by atoms with E-state index in [0.717, 1.165) is 23.4 Å². The van der Waals surface area contributed by atoms with E-state index in [1.165, 1.54) is 10.6 Å². The molecule has 2 heterocycles. The summed E-state index contributed by atoms with van der Waals surface area (Å²) in [5.41, 5.74) is 4.27. The number of para-hydroxylation sites is 1. The molecule has 1 amide bonds. The summed E-state index contributed by atoms with van der Waals surface area (Å²) in [5.74, 6) is 0.501. The van der Waals surface area contributed by atoms with Crippen LogP contribution >= 0.6 is 0 Å². The molecular weight excluding hydrogens is 378 g/mol. The maximum absolute atomic E-state index is 13.2. The molecule has 0 saturated carbocycles. The minimum atomic E-state index is -0.214. The van der Waals surface area contributed by atoms with Gasteiger partial charge >= 0.3 is 5.91 Å². The first kappa shape index (κ1) is 20.2. The van der Waals surface area contributed by atoms with Crippen LogP contribution in [-0.2, 0) is 17.7 Å². The van der Waals surface area contributed by atoms with Gasteiger partial charge in [0.2, 0.25) is 0 Å². The molecule has 0 N–H and O–H groups in total. The Kier molecular flexibility index (Phi) is 5.59. The van der Waals surface area contributed by atoms with Crippen LogP contribution in [0.3, 0.4) is 0 Å². The summed E-state index contributed by atoms with van der Waals surface area (Å²) in [4.78, 5) is 19.1. The molecule has 156 valence electrons. The minimum absolute atomic E-state index is 0.131. The van der Waals surface area contributed by atoms with Crippen molar-refractivity contribution in [1.82, 2.24) is 14.8 Å². The monoisotopic (exact) mass is 405 g/mol. The largest absolute Gasteiger partial charge is 0.376 e. The van der Waals surface area contributed by atoms with E-state index in [-0.39, 0.29) is 18.1 Å². The van der Waals surface area contributed by atoms with Crippen molar-refractivity contribution >= 4 is 5.91 Å². The molecule has 30 heavy (non-hydrogen) atoms. The van der Waals surface area contributed by atoms with E-state index < -0.39 is 0 Å². The Hall–Kier alpha value is -3.12. The van der Waals surface area contributed by atoms with Crippen molar-refractivity contribution < 1.29 is 14.4 Å². The summed E-state index contributed by atoms with van der Waals surface area (Å²) in [5, 5.41) is 5.89. The third-order valence-electron chi connectivity index (χ3n) is 4.95. The number of ether oxygens (including phenoxy) is 1. The fourth-order valence-electron chi connectivity index (χ4n) is 3.78. The highest BCUT2D eigenvalue weighted by Gasteiger charge is 2.29. The van der Waals surface area contributed by atoms with Gasteiger partial charge in [-0.25, -0.2) is 4.68 Å². The van der Waals surface area contributed by atoms with Crippen LogP contribution in [0.4, 0.5) is 0 Å². The fourth-order valence-corrected chi connectivity index (χ4v) is 3.78. The van der Waals surface area contributed by atoms with Gasteiger partial charge in [0.25, 0.3) is 0 Å². The number of hydrogen-bond donors (Lipinski definition) is 0. The fraction of sp³-hybridized carbons (Fsp3) is 0.333. The van der Waals surface area contributed by atoms with Gasteiger partial charge in [0.1, 0.15) is 5.69 Å². The summed E-state index contributed by atoms with van der Waals surface area (Å²) in [6.07, 6.45) is 1.15. The summed E-state index contributed by atoms with van der Waals surface area (Å²) in [6, 6.07) is 17.5. The number of hydroxylamine groups is 2. The lowest BCUT2D eigenvalue weighted by molar-refractivity contribution is -0.0216.